The number of H-pyrrole nitrogens is 1. The van der Waals surface area contributed by atoms with Gasteiger partial charge in [0.05, 0.1) is 7.11 Å². The number of carbonyl (C=O) groups is 1. The van der Waals surface area contributed by atoms with Gasteiger partial charge in [0.2, 0.25) is 0 Å². The summed E-state index contributed by atoms with van der Waals surface area (Å²) < 4.78 is 7.41. The number of aromatic nitrogens is 5. The average Bonchev–Trinajstić information content (AvgIpc) is 3.48. The second-order valence-corrected chi connectivity index (χ2v) is 7.79. The maximum atomic E-state index is 13.1. The first-order chi connectivity index (χ1) is 15.2. The molecule has 2 aromatic carbocycles. The fraction of sp³-hybridized carbons (Fsp3) is 0.182. The molecule has 0 spiro atoms. The monoisotopic (exact) mass is 434 g/mol. The second kappa shape index (κ2) is 9.48. The summed E-state index contributed by atoms with van der Waals surface area (Å²) in [5.74, 6) is 1.95. The molecular weight excluding hydrogens is 412 g/mol. The Morgan fingerprint density at radius 2 is 2.00 bits per heavy atom. The number of hydrogen-bond donors (Lipinski definition) is 2. The molecule has 2 aromatic heterocycles. The number of hydrogen-bond acceptors (Lipinski definition) is 6. The summed E-state index contributed by atoms with van der Waals surface area (Å²) in [6.07, 6.45) is 5.05. The van der Waals surface area contributed by atoms with Crippen molar-refractivity contribution in [3.63, 3.8) is 0 Å². The summed E-state index contributed by atoms with van der Waals surface area (Å²) in [7, 11) is 3.52. The van der Waals surface area contributed by atoms with Crippen LogP contribution in [0.15, 0.2) is 72.4 Å². The third-order valence-electron chi connectivity index (χ3n) is 4.83. The van der Waals surface area contributed by atoms with Crippen molar-refractivity contribution in [2.45, 2.75) is 17.0 Å². The highest BCUT2D eigenvalue weighted by Crippen LogP contribution is 2.29. The van der Waals surface area contributed by atoms with Crippen LogP contribution >= 0.6 is 11.8 Å². The number of ether oxygens (including phenoxy) is 1. The van der Waals surface area contributed by atoms with Gasteiger partial charge in [-0.2, -0.15) is 5.10 Å². The van der Waals surface area contributed by atoms with Crippen LogP contribution in [0.1, 0.15) is 33.4 Å². The van der Waals surface area contributed by atoms with E-state index in [1.54, 1.807) is 25.1 Å². The van der Waals surface area contributed by atoms with Gasteiger partial charge in [-0.25, -0.2) is 9.97 Å². The number of imidazole rings is 1. The van der Waals surface area contributed by atoms with Crippen molar-refractivity contribution < 1.29 is 9.53 Å². The van der Waals surface area contributed by atoms with Gasteiger partial charge < -0.3 is 14.6 Å². The molecule has 9 heteroatoms. The van der Waals surface area contributed by atoms with Crippen LogP contribution in [-0.4, -0.2) is 37.7 Å². The number of carbonyl (C=O) groups excluding carboxylic acids is 1. The molecule has 158 valence electrons. The van der Waals surface area contributed by atoms with Gasteiger partial charge in [-0.15, -0.1) is 0 Å². The molecule has 0 aliphatic rings. The van der Waals surface area contributed by atoms with Crippen LogP contribution in [0.5, 0.6) is 5.75 Å². The highest BCUT2D eigenvalue weighted by atomic mass is 32.2. The van der Waals surface area contributed by atoms with E-state index >= 15 is 0 Å². The Morgan fingerprint density at radius 1 is 1.19 bits per heavy atom. The fourth-order valence-electron chi connectivity index (χ4n) is 3.22. The van der Waals surface area contributed by atoms with Gasteiger partial charge >= 0.3 is 0 Å². The molecule has 0 saturated carbocycles. The second-order valence-electron chi connectivity index (χ2n) is 6.82. The van der Waals surface area contributed by atoms with Gasteiger partial charge in [-0.1, -0.05) is 42.1 Å². The summed E-state index contributed by atoms with van der Waals surface area (Å²) in [6, 6.07) is 14.7. The molecule has 2 N–H and O–H groups in total. The van der Waals surface area contributed by atoms with Crippen LogP contribution in [-0.2, 0) is 12.8 Å². The van der Waals surface area contributed by atoms with Gasteiger partial charge in [0, 0.05) is 36.3 Å². The molecule has 0 fully saturated rings. The molecule has 4 aromatic rings. The van der Waals surface area contributed by atoms with E-state index in [1.807, 2.05) is 66.3 Å². The number of thioether (sulfide) groups is 1. The van der Waals surface area contributed by atoms with Crippen molar-refractivity contribution in [3.8, 4) is 5.75 Å². The highest BCUT2D eigenvalue weighted by molar-refractivity contribution is 7.98. The molecule has 1 atom stereocenters. The number of aromatic amines is 1. The standard InChI is InChI=1S/C22H22N6O2S/c1-28-12-11-23-20(28)19(17-5-3-4-6-18(17)30-2)26-21(29)16-9-7-15(8-10-16)13-31-22-24-14-25-27-22/h3-12,14,19H,13H2,1-2H3,(H,26,29)(H,24,25,27). The van der Waals surface area contributed by atoms with E-state index in [2.05, 4.69) is 25.5 Å². The third kappa shape index (κ3) is 4.77. The van der Waals surface area contributed by atoms with E-state index in [-0.39, 0.29) is 5.91 Å². The van der Waals surface area contributed by atoms with E-state index in [1.165, 1.54) is 6.33 Å². The van der Waals surface area contributed by atoms with E-state index in [4.69, 9.17) is 4.74 Å². The van der Waals surface area contributed by atoms with Crippen LogP contribution in [0.2, 0.25) is 0 Å². The zero-order valence-electron chi connectivity index (χ0n) is 17.1. The number of nitrogens with zero attached hydrogens (tertiary/aromatic N) is 4. The lowest BCUT2D eigenvalue weighted by Gasteiger charge is -2.21. The molecule has 1 amide bonds. The van der Waals surface area contributed by atoms with E-state index < -0.39 is 6.04 Å². The van der Waals surface area contributed by atoms with Crippen molar-refractivity contribution in [2.24, 2.45) is 7.05 Å². The van der Waals surface area contributed by atoms with E-state index in [0.717, 1.165) is 27.9 Å². The van der Waals surface area contributed by atoms with Crippen LogP contribution in [0, 0.1) is 0 Å². The largest absolute Gasteiger partial charge is 0.496 e. The Balaban J connectivity index is 1.53. The first-order valence-corrected chi connectivity index (χ1v) is 10.6. The van der Waals surface area contributed by atoms with Gasteiger partial charge in [0.1, 0.15) is 23.9 Å². The first-order valence-electron chi connectivity index (χ1n) is 9.64. The normalized spacial score (nSPS) is 11.8. The minimum Gasteiger partial charge on any atom is -0.496 e. The number of benzene rings is 2. The smallest absolute Gasteiger partial charge is 0.252 e. The summed E-state index contributed by atoms with van der Waals surface area (Å²) >= 11 is 1.55. The molecule has 1 unspecified atom stereocenters. The Morgan fingerprint density at radius 3 is 2.68 bits per heavy atom. The highest BCUT2D eigenvalue weighted by Gasteiger charge is 2.24. The van der Waals surface area contributed by atoms with Crippen LogP contribution in [0.25, 0.3) is 0 Å². The number of methoxy groups -OCH3 is 1. The van der Waals surface area contributed by atoms with Gasteiger partial charge in [-0.05, 0) is 23.8 Å². The lowest BCUT2D eigenvalue weighted by Crippen LogP contribution is -2.31. The number of aryl methyl sites for hydroxylation is 1. The van der Waals surface area contributed by atoms with E-state index in [0.29, 0.717) is 11.3 Å². The summed E-state index contributed by atoms with van der Waals surface area (Å²) in [5.41, 5.74) is 2.50. The van der Waals surface area contributed by atoms with Crippen molar-refractivity contribution in [1.82, 2.24) is 30.0 Å². The minimum absolute atomic E-state index is 0.187. The predicted octanol–water partition coefficient (Wildman–Crippen LogP) is 3.36. The zero-order valence-corrected chi connectivity index (χ0v) is 18.0. The lowest BCUT2D eigenvalue weighted by atomic mass is 10.0. The Hall–Kier alpha value is -3.59. The molecule has 8 nitrogen and oxygen atoms in total. The quantitative estimate of drug-likeness (QED) is 0.413. The maximum Gasteiger partial charge on any atom is 0.252 e. The number of rotatable bonds is 8. The lowest BCUT2D eigenvalue weighted by molar-refractivity contribution is 0.0941. The molecule has 0 saturated heterocycles. The van der Waals surface area contributed by atoms with Gasteiger partial charge in [-0.3, -0.25) is 9.89 Å². The molecule has 2 heterocycles. The first kappa shape index (κ1) is 20.7. The molecule has 0 radical (unpaired) electrons. The molecule has 0 aliphatic carbocycles. The van der Waals surface area contributed by atoms with Crippen molar-refractivity contribution in [3.05, 3.63) is 89.8 Å². The number of amides is 1. The summed E-state index contributed by atoms with van der Waals surface area (Å²) in [5, 5.41) is 10.5. The van der Waals surface area contributed by atoms with Crippen molar-refractivity contribution >= 4 is 17.7 Å². The van der Waals surface area contributed by atoms with Crippen LogP contribution in [0.3, 0.4) is 0 Å². The van der Waals surface area contributed by atoms with Crippen molar-refractivity contribution in [2.75, 3.05) is 7.11 Å². The number of nitrogens with one attached hydrogen (secondary N) is 2. The molecular formula is C22H22N6O2S. The Bertz CT molecular complexity index is 1140. The van der Waals surface area contributed by atoms with E-state index in [9.17, 15) is 4.79 Å². The Labute approximate surface area is 184 Å². The maximum absolute atomic E-state index is 13.1. The number of para-hydroxylation sites is 1. The third-order valence-corrected chi connectivity index (χ3v) is 5.77. The average molecular weight is 435 g/mol. The molecule has 31 heavy (non-hydrogen) atoms. The van der Waals surface area contributed by atoms with Gasteiger partial charge in [0.25, 0.3) is 5.91 Å². The summed E-state index contributed by atoms with van der Waals surface area (Å²) in [6.45, 7) is 0. The van der Waals surface area contributed by atoms with Crippen LogP contribution in [0.4, 0.5) is 0 Å². The Kier molecular flexibility index (Phi) is 6.32. The fourth-order valence-corrected chi connectivity index (χ4v) is 3.96. The van der Waals surface area contributed by atoms with Crippen molar-refractivity contribution in [1.29, 1.82) is 0 Å². The SMILES string of the molecule is COc1ccccc1C(NC(=O)c1ccc(CSc2ncn[nH]2)cc1)c1nccn1C. The molecule has 4 rings (SSSR count). The minimum atomic E-state index is -0.453. The molecule has 0 aliphatic heterocycles. The molecule has 0 bridgehead atoms. The van der Waals surface area contributed by atoms with Crippen LogP contribution < -0.4 is 10.1 Å². The zero-order chi connectivity index (χ0) is 21.6. The van der Waals surface area contributed by atoms with Gasteiger partial charge in [0.15, 0.2) is 5.16 Å². The predicted molar refractivity (Wildman–Crippen MR) is 118 cm³/mol. The summed E-state index contributed by atoms with van der Waals surface area (Å²) in [4.78, 5) is 21.6. The topological polar surface area (TPSA) is 97.7 Å².